The van der Waals surface area contributed by atoms with E-state index in [0.717, 1.165) is 43.7 Å². The number of aliphatic hydroxyl groups is 1. The van der Waals surface area contributed by atoms with E-state index in [0.29, 0.717) is 5.92 Å². The van der Waals surface area contributed by atoms with Crippen molar-refractivity contribution in [2.24, 2.45) is 11.8 Å². The van der Waals surface area contributed by atoms with Crippen LogP contribution in [0.2, 0.25) is 0 Å². The quantitative estimate of drug-likeness (QED) is 0.876. The minimum Gasteiger partial charge on any atom is -0.385 e. The van der Waals surface area contributed by atoms with E-state index in [1.165, 1.54) is 0 Å². The molecule has 17 heavy (non-hydrogen) atoms. The van der Waals surface area contributed by atoms with Gasteiger partial charge in [-0.2, -0.15) is 5.10 Å². The average molecular weight is 236 g/mol. The maximum Gasteiger partial charge on any atom is 0.0929 e. The van der Waals surface area contributed by atoms with Crippen LogP contribution >= 0.6 is 0 Å². The first-order valence-corrected chi connectivity index (χ1v) is 6.80. The maximum atomic E-state index is 10.8. The molecule has 0 radical (unpaired) electrons. The van der Waals surface area contributed by atoms with E-state index in [1.54, 1.807) is 0 Å². The highest BCUT2D eigenvalue weighted by Crippen LogP contribution is 2.42. The number of nitrogens with zero attached hydrogens (tertiary/aromatic N) is 2. The van der Waals surface area contributed by atoms with Crippen LogP contribution in [0.4, 0.5) is 0 Å². The molecular weight excluding hydrogens is 212 g/mol. The van der Waals surface area contributed by atoms with Crippen molar-refractivity contribution in [1.29, 1.82) is 0 Å². The van der Waals surface area contributed by atoms with Gasteiger partial charge in [0.1, 0.15) is 0 Å². The molecule has 1 aromatic rings. The molecule has 1 heterocycles. The average Bonchev–Trinajstić information content (AvgIpc) is 2.74. The molecule has 2 rings (SSSR count). The van der Waals surface area contributed by atoms with Gasteiger partial charge in [0, 0.05) is 18.3 Å². The van der Waals surface area contributed by atoms with Gasteiger partial charge in [0.25, 0.3) is 0 Å². The summed E-state index contributed by atoms with van der Waals surface area (Å²) >= 11 is 0. The highest BCUT2D eigenvalue weighted by Gasteiger charge is 2.38. The molecule has 0 aliphatic heterocycles. The van der Waals surface area contributed by atoms with Crippen LogP contribution in [-0.2, 0) is 12.1 Å². The van der Waals surface area contributed by atoms with Gasteiger partial charge in [-0.05, 0) is 37.5 Å². The number of rotatable bonds is 3. The number of aromatic nitrogens is 2. The van der Waals surface area contributed by atoms with E-state index >= 15 is 0 Å². The molecule has 0 bridgehead atoms. The fourth-order valence-corrected chi connectivity index (χ4v) is 2.80. The van der Waals surface area contributed by atoms with Gasteiger partial charge in [-0.15, -0.1) is 0 Å². The Morgan fingerprint density at radius 2 is 2.24 bits per heavy atom. The molecular formula is C14H24N2O. The zero-order chi connectivity index (χ0) is 12.5. The van der Waals surface area contributed by atoms with Gasteiger partial charge in [-0.3, -0.25) is 4.68 Å². The minimum atomic E-state index is -0.641. The first-order chi connectivity index (χ1) is 8.05. The second-order valence-electron chi connectivity index (χ2n) is 5.72. The highest BCUT2D eigenvalue weighted by molar-refractivity contribution is 5.16. The Hall–Kier alpha value is -0.830. The smallest absolute Gasteiger partial charge is 0.0929 e. The standard InChI is InChI=1S/C14H24N2O/c1-4-7-16-10-13(9-15-16)14(17)6-5-11(2)12(3)8-14/h9-12,17H,4-8H2,1-3H3. The first-order valence-electron chi connectivity index (χ1n) is 6.80. The molecule has 1 N–H and O–H groups in total. The molecule has 1 aliphatic rings. The number of aryl methyl sites for hydroxylation is 1. The lowest BCUT2D eigenvalue weighted by atomic mass is 9.71. The number of hydrogen-bond acceptors (Lipinski definition) is 2. The maximum absolute atomic E-state index is 10.8. The predicted molar refractivity (Wildman–Crippen MR) is 68.6 cm³/mol. The van der Waals surface area contributed by atoms with E-state index in [1.807, 2.05) is 17.1 Å². The van der Waals surface area contributed by atoms with Crippen LogP contribution in [0, 0.1) is 11.8 Å². The zero-order valence-electron chi connectivity index (χ0n) is 11.2. The Morgan fingerprint density at radius 3 is 2.88 bits per heavy atom. The molecule has 0 spiro atoms. The molecule has 0 aromatic carbocycles. The van der Waals surface area contributed by atoms with E-state index in [4.69, 9.17) is 0 Å². The van der Waals surface area contributed by atoms with Gasteiger partial charge in [-0.25, -0.2) is 0 Å². The van der Waals surface area contributed by atoms with Crippen LogP contribution in [-0.4, -0.2) is 14.9 Å². The largest absolute Gasteiger partial charge is 0.385 e. The fourth-order valence-electron chi connectivity index (χ4n) is 2.80. The van der Waals surface area contributed by atoms with Crippen molar-refractivity contribution in [1.82, 2.24) is 9.78 Å². The van der Waals surface area contributed by atoms with Crippen molar-refractivity contribution < 1.29 is 5.11 Å². The topological polar surface area (TPSA) is 38.0 Å². The van der Waals surface area contributed by atoms with Crippen LogP contribution in [0.3, 0.4) is 0 Å². The molecule has 3 nitrogen and oxygen atoms in total. The molecule has 1 aliphatic carbocycles. The summed E-state index contributed by atoms with van der Waals surface area (Å²) in [6, 6.07) is 0. The lowest BCUT2D eigenvalue weighted by molar-refractivity contribution is -0.0336. The predicted octanol–water partition coefficient (Wildman–Crippen LogP) is 2.94. The van der Waals surface area contributed by atoms with Crippen molar-refractivity contribution in [3.63, 3.8) is 0 Å². The normalized spacial score (nSPS) is 33.9. The second kappa shape index (κ2) is 4.81. The van der Waals surface area contributed by atoms with Crippen LogP contribution < -0.4 is 0 Å². The summed E-state index contributed by atoms with van der Waals surface area (Å²) in [6.07, 6.45) is 7.79. The highest BCUT2D eigenvalue weighted by atomic mass is 16.3. The zero-order valence-corrected chi connectivity index (χ0v) is 11.2. The third kappa shape index (κ3) is 2.54. The van der Waals surface area contributed by atoms with Crippen LogP contribution in [0.1, 0.15) is 52.0 Å². The lowest BCUT2D eigenvalue weighted by Gasteiger charge is -2.38. The first kappa shape index (κ1) is 12.6. The molecule has 0 saturated heterocycles. The fraction of sp³-hybridized carbons (Fsp3) is 0.786. The monoisotopic (exact) mass is 236 g/mol. The minimum absolute atomic E-state index is 0.586. The molecule has 3 unspecified atom stereocenters. The van der Waals surface area contributed by atoms with Crippen LogP contribution in [0.5, 0.6) is 0 Å². The van der Waals surface area contributed by atoms with Crippen molar-refractivity contribution in [2.75, 3.05) is 0 Å². The summed E-state index contributed by atoms with van der Waals surface area (Å²) < 4.78 is 1.94. The molecule has 1 aromatic heterocycles. The number of hydrogen-bond donors (Lipinski definition) is 1. The molecule has 0 amide bonds. The van der Waals surface area contributed by atoms with Crippen molar-refractivity contribution in [3.05, 3.63) is 18.0 Å². The summed E-state index contributed by atoms with van der Waals surface area (Å²) in [5.74, 6) is 1.31. The Balaban J connectivity index is 2.14. The van der Waals surface area contributed by atoms with Gasteiger partial charge in [0.15, 0.2) is 0 Å². The SMILES string of the molecule is CCCn1cc(C2(O)CCC(C)C(C)C2)cn1. The van der Waals surface area contributed by atoms with E-state index in [9.17, 15) is 5.11 Å². The third-order valence-electron chi connectivity index (χ3n) is 4.27. The van der Waals surface area contributed by atoms with Gasteiger partial charge in [-0.1, -0.05) is 20.8 Å². The molecule has 1 fully saturated rings. The van der Waals surface area contributed by atoms with Crippen molar-refractivity contribution in [3.8, 4) is 0 Å². The molecule has 3 heteroatoms. The van der Waals surface area contributed by atoms with Crippen molar-refractivity contribution >= 4 is 0 Å². The Kier molecular flexibility index (Phi) is 3.57. The van der Waals surface area contributed by atoms with Gasteiger partial charge in [0.05, 0.1) is 11.8 Å². The Morgan fingerprint density at radius 1 is 1.47 bits per heavy atom. The van der Waals surface area contributed by atoms with Crippen molar-refractivity contribution in [2.45, 2.75) is 58.6 Å². The molecule has 1 saturated carbocycles. The molecule has 3 atom stereocenters. The third-order valence-corrected chi connectivity index (χ3v) is 4.27. The van der Waals surface area contributed by atoms with Crippen LogP contribution in [0.25, 0.3) is 0 Å². The van der Waals surface area contributed by atoms with Gasteiger partial charge < -0.3 is 5.11 Å². The Bertz CT molecular complexity index is 374. The van der Waals surface area contributed by atoms with E-state index in [2.05, 4.69) is 25.9 Å². The van der Waals surface area contributed by atoms with E-state index < -0.39 is 5.60 Å². The second-order valence-corrected chi connectivity index (χ2v) is 5.72. The lowest BCUT2D eigenvalue weighted by Crippen LogP contribution is -2.35. The molecule has 96 valence electrons. The summed E-state index contributed by atoms with van der Waals surface area (Å²) in [6.45, 7) is 7.60. The van der Waals surface area contributed by atoms with Gasteiger partial charge >= 0.3 is 0 Å². The van der Waals surface area contributed by atoms with Crippen LogP contribution in [0.15, 0.2) is 12.4 Å². The Labute approximate surface area is 104 Å². The summed E-state index contributed by atoms with van der Waals surface area (Å²) in [5, 5.41) is 15.1. The van der Waals surface area contributed by atoms with E-state index in [-0.39, 0.29) is 0 Å². The summed E-state index contributed by atoms with van der Waals surface area (Å²) in [7, 11) is 0. The van der Waals surface area contributed by atoms with Gasteiger partial charge in [0.2, 0.25) is 0 Å². The summed E-state index contributed by atoms with van der Waals surface area (Å²) in [4.78, 5) is 0. The summed E-state index contributed by atoms with van der Waals surface area (Å²) in [5.41, 5.74) is 0.363.